The number of hydrogen-bond donors (Lipinski definition) is 2. The fraction of sp³-hybridized carbons (Fsp3) is 0.304. The van der Waals surface area contributed by atoms with E-state index in [0.29, 0.717) is 41.6 Å². The van der Waals surface area contributed by atoms with E-state index in [2.05, 4.69) is 20.8 Å². The molecular formula is C23H24N4O4. The second-order valence-electron chi connectivity index (χ2n) is 7.81. The Labute approximate surface area is 180 Å². The number of ether oxygens (including phenoxy) is 1. The van der Waals surface area contributed by atoms with Gasteiger partial charge in [-0.15, -0.1) is 0 Å². The number of carbonyl (C=O) groups excluding carboxylic acids is 2. The molecule has 0 saturated heterocycles. The summed E-state index contributed by atoms with van der Waals surface area (Å²) in [6, 6.07) is 11.0. The van der Waals surface area contributed by atoms with Crippen LogP contribution in [0.4, 0.5) is 11.4 Å². The van der Waals surface area contributed by atoms with Crippen molar-refractivity contribution in [3.63, 3.8) is 0 Å². The van der Waals surface area contributed by atoms with Gasteiger partial charge in [-0.25, -0.2) is 0 Å². The van der Waals surface area contributed by atoms with Gasteiger partial charge in [0.15, 0.2) is 12.4 Å². The lowest BCUT2D eigenvalue weighted by molar-refractivity contribution is -0.118. The fourth-order valence-electron chi connectivity index (χ4n) is 3.36. The first kappa shape index (κ1) is 20.6. The van der Waals surface area contributed by atoms with Gasteiger partial charge in [0, 0.05) is 18.0 Å². The second kappa shape index (κ2) is 8.59. The molecule has 2 aromatic carbocycles. The molecular weight excluding hydrogens is 396 g/mol. The molecule has 31 heavy (non-hydrogen) atoms. The van der Waals surface area contributed by atoms with Crippen molar-refractivity contribution in [2.45, 2.75) is 39.5 Å². The molecule has 3 aromatic rings. The molecule has 0 saturated carbocycles. The van der Waals surface area contributed by atoms with E-state index in [1.165, 1.54) is 0 Å². The maximum absolute atomic E-state index is 12.6. The highest BCUT2D eigenvalue weighted by atomic mass is 16.5. The standard InChI is InChI=1S/C23H24N4O4/c1-13(2)22-26-23(31-27-22)17-6-4-5-14(3)21(17)25-20(29)12-30-16-8-9-18-15(11-16)7-10-19(28)24-18/h4-6,8-9,11,13H,7,10,12H2,1-3H3,(H,24,28)(H,25,29). The number of anilines is 2. The van der Waals surface area contributed by atoms with Crippen LogP contribution in [0.3, 0.4) is 0 Å². The van der Waals surface area contributed by atoms with Crippen LogP contribution in [0.5, 0.6) is 5.75 Å². The Kier molecular flexibility index (Phi) is 5.70. The number of benzene rings is 2. The lowest BCUT2D eigenvalue weighted by Crippen LogP contribution is -2.22. The summed E-state index contributed by atoms with van der Waals surface area (Å²) >= 11 is 0. The number of fused-ring (bicyclic) bond motifs is 1. The maximum Gasteiger partial charge on any atom is 0.262 e. The minimum atomic E-state index is -0.301. The minimum Gasteiger partial charge on any atom is -0.484 e. The molecule has 2 amide bonds. The van der Waals surface area contributed by atoms with Crippen LogP contribution in [-0.4, -0.2) is 28.6 Å². The Balaban J connectivity index is 1.46. The van der Waals surface area contributed by atoms with Crippen LogP contribution >= 0.6 is 0 Å². The summed E-state index contributed by atoms with van der Waals surface area (Å²) < 4.78 is 11.1. The van der Waals surface area contributed by atoms with Gasteiger partial charge in [0.05, 0.1) is 11.3 Å². The van der Waals surface area contributed by atoms with Gasteiger partial charge in [-0.3, -0.25) is 9.59 Å². The number of hydrogen-bond acceptors (Lipinski definition) is 6. The van der Waals surface area contributed by atoms with Crippen molar-refractivity contribution in [3.05, 3.63) is 53.3 Å². The van der Waals surface area contributed by atoms with Gasteiger partial charge >= 0.3 is 0 Å². The van der Waals surface area contributed by atoms with Crippen LogP contribution in [-0.2, 0) is 16.0 Å². The summed E-state index contributed by atoms with van der Waals surface area (Å²) in [7, 11) is 0. The Morgan fingerprint density at radius 3 is 2.87 bits per heavy atom. The normalized spacial score (nSPS) is 13.0. The number of amides is 2. The Morgan fingerprint density at radius 1 is 1.26 bits per heavy atom. The number of nitrogens with one attached hydrogen (secondary N) is 2. The summed E-state index contributed by atoms with van der Waals surface area (Å²) in [6.45, 7) is 5.72. The van der Waals surface area contributed by atoms with E-state index in [0.717, 1.165) is 16.8 Å². The van der Waals surface area contributed by atoms with E-state index in [-0.39, 0.29) is 24.3 Å². The first-order valence-corrected chi connectivity index (χ1v) is 10.2. The number of rotatable bonds is 6. The number of carbonyl (C=O) groups is 2. The summed E-state index contributed by atoms with van der Waals surface area (Å²) in [5.41, 5.74) is 3.94. The number of aromatic nitrogens is 2. The zero-order valence-electron chi connectivity index (χ0n) is 17.7. The van der Waals surface area contributed by atoms with Crippen LogP contribution in [0.15, 0.2) is 40.9 Å². The smallest absolute Gasteiger partial charge is 0.262 e. The van der Waals surface area contributed by atoms with E-state index in [1.54, 1.807) is 12.1 Å². The van der Waals surface area contributed by atoms with E-state index < -0.39 is 0 Å². The molecule has 2 heterocycles. The molecule has 1 aliphatic heterocycles. The molecule has 0 radical (unpaired) electrons. The van der Waals surface area contributed by atoms with Gasteiger partial charge < -0.3 is 19.9 Å². The Hall–Kier alpha value is -3.68. The van der Waals surface area contributed by atoms with E-state index >= 15 is 0 Å². The van der Waals surface area contributed by atoms with Crippen molar-refractivity contribution < 1.29 is 18.8 Å². The van der Waals surface area contributed by atoms with Crippen molar-refractivity contribution >= 4 is 23.2 Å². The second-order valence-corrected chi connectivity index (χ2v) is 7.81. The fourth-order valence-corrected chi connectivity index (χ4v) is 3.36. The van der Waals surface area contributed by atoms with Crippen molar-refractivity contribution in [1.29, 1.82) is 0 Å². The van der Waals surface area contributed by atoms with Crippen molar-refractivity contribution in [2.75, 3.05) is 17.2 Å². The first-order chi connectivity index (χ1) is 14.9. The number of para-hydroxylation sites is 1. The highest BCUT2D eigenvalue weighted by molar-refractivity contribution is 5.96. The highest BCUT2D eigenvalue weighted by Gasteiger charge is 2.19. The van der Waals surface area contributed by atoms with Crippen LogP contribution < -0.4 is 15.4 Å². The average molecular weight is 420 g/mol. The summed E-state index contributed by atoms with van der Waals surface area (Å²) in [5.74, 6) is 1.40. The molecule has 0 atom stereocenters. The Bertz CT molecular complexity index is 1140. The molecule has 0 aliphatic carbocycles. The zero-order valence-corrected chi connectivity index (χ0v) is 17.7. The highest BCUT2D eigenvalue weighted by Crippen LogP contribution is 2.31. The lowest BCUT2D eigenvalue weighted by atomic mass is 10.0. The number of nitrogens with zero attached hydrogens (tertiary/aromatic N) is 2. The molecule has 0 fully saturated rings. The lowest BCUT2D eigenvalue weighted by Gasteiger charge is -2.18. The van der Waals surface area contributed by atoms with Crippen LogP contribution in [0.1, 0.15) is 43.1 Å². The molecule has 0 spiro atoms. The molecule has 2 N–H and O–H groups in total. The summed E-state index contributed by atoms with van der Waals surface area (Å²) in [6.07, 6.45) is 1.10. The van der Waals surface area contributed by atoms with Crippen LogP contribution in [0.25, 0.3) is 11.5 Å². The average Bonchev–Trinajstić information content (AvgIpc) is 3.24. The Morgan fingerprint density at radius 2 is 2.10 bits per heavy atom. The molecule has 8 heteroatoms. The monoisotopic (exact) mass is 420 g/mol. The van der Waals surface area contributed by atoms with Gasteiger partial charge in [0.25, 0.3) is 11.8 Å². The first-order valence-electron chi connectivity index (χ1n) is 10.2. The predicted octanol–water partition coefficient (Wildman–Crippen LogP) is 4.07. The van der Waals surface area contributed by atoms with E-state index in [1.807, 2.05) is 45.0 Å². The molecule has 8 nitrogen and oxygen atoms in total. The molecule has 0 bridgehead atoms. The van der Waals surface area contributed by atoms with Gasteiger partial charge in [0.1, 0.15) is 5.75 Å². The topological polar surface area (TPSA) is 106 Å². The SMILES string of the molecule is Cc1cccc(-c2nc(C(C)C)no2)c1NC(=O)COc1ccc2c(c1)CCC(=O)N2. The molecule has 4 rings (SSSR count). The molecule has 1 aromatic heterocycles. The van der Waals surface area contributed by atoms with Gasteiger partial charge in [-0.1, -0.05) is 31.1 Å². The van der Waals surface area contributed by atoms with E-state index in [4.69, 9.17) is 9.26 Å². The number of aryl methyl sites for hydroxylation is 2. The summed E-state index contributed by atoms with van der Waals surface area (Å²) in [5, 5.41) is 9.74. The van der Waals surface area contributed by atoms with E-state index in [9.17, 15) is 9.59 Å². The quantitative estimate of drug-likeness (QED) is 0.623. The maximum atomic E-state index is 12.6. The zero-order chi connectivity index (χ0) is 22.0. The third kappa shape index (κ3) is 4.58. The third-order valence-electron chi connectivity index (χ3n) is 5.07. The van der Waals surface area contributed by atoms with Gasteiger partial charge in [-0.2, -0.15) is 4.98 Å². The predicted molar refractivity (Wildman–Crippen MR) is 116 cm³/mol. The largest absolute Gasteiger partial charge is 0.484 e. The molecule has 1 aliphatic rings. The van der Waals surface area contributed by atoms with Crippen LogP contribution in [0, 0.1) is 6.92 Å². The van der Waals surface area contributed by atoms with Crippen LogP contribution in [0.2, 0.25) is 0 Å². The van der Waals surface area contributed by atoms with Gasteiger partial charge in [-0.05, 0) is 48.7 Å². The third-order valence-corrected chi connectivity index (χ3v) is 5.07. The van der Waals surface area contributed by atoms with Crippen molar-refractivity contribution in [1.82, 2.24) is 10.1 Å². The minimum absolute atomic E-state index is 0.0105. The van der Waals surface area contributed by atoms with Gasteiger partial charge in [0.2, 0.25) is 5.91 Å². The van der Waals surface area contributed by atoms with Crippen molar-refractivity contribution in [2.24, 2.45) is 0 Å². The van der Waals surface area contributed by atoms with Crippen molar-refractivity contribution in [3.8, 4) is 17.2 Å². The molecule has 160 valence electrons. The summed E-state index contributed by atoms with van der Waals surface area (Å²) in [4.78, 5) is 28.5. The molecule has 0 unspecified atom stereocenters.